The molecular weight excluding hydrogens is 224 g/mol. The predicted octanol–water partition coefficient (Wildman–Crippen LogP) is -2.38. The summed E-state index contributed by atoms with van der Waals surface area (Å²) in [7, 11) is 3.63. The highest BCUT2D eigenvalue weighted by molar-refractivity contribution is 5.87. The van der Waals surface area contributed by atoms with Crippen LogP contribution in [0.3, 0.4) is 0 Å². The summed E-state index contributed by atoms with van der Waals surface area (Å²) in [6.45, 7) is 2.07. The Hall–Kier alpha value is -1.18. The summed E-state index contributed by atoms with van der Waals surface area (Å²) in [5, 5.41) is 12.4. The van der Waals surface area contributed by atoms with E-state index in [4.69, 9.17) is 11.5 Å². The van der Waals surface area contributed by atoms with Crippen LogP contribution in [-0.2, 0) is 9.59 Å². The maximum Gasteiger partial charge on any atom is 0.237 e. The number of amides is 2. The van der Waals surface area contributed by atoms with Crippen LogP contribution in [0.1, 0.15) is 13.3 Å². The largest absolute Gasteiger partial charge is 0.387 e. The highest BCUT2D eigenvalue weighted by atomic mass is 16.3. The fraction of sp³-hybridized carbons (Fsp3) is 0.800. The summed E-state index contributed by atoms with van der Waals surface area (Å²) >= 11 is 0. The van der Waals surface area contributed by atoms with Gasteiger partial charge in [0.1, 0.15) is 0 Å². The van der Waals surface area contributed by atoms with Gasteiger partial charge in [-0.2, -0.15) is 0 Å². The third kappa shape index (κ3) is 7.67. The van der Waals surface area contributed by atoms with Crippen LogP contribution >= 0.6 is 0 Å². The normalized spacial score (nSPS) is 16.4. The van der Waals surface area contributed by atoms with Gasteiger partial charge in [-0.15, -0.1) is 0 Å². The van der Waals surface area contributed by atoms with Crippen molar-refractivity contribution >= 4 is 11.8 Å². The number of carbonyl (C=O) groups excluding carboxylic acids is 2. The monoisotopic (exact) mass is 246 g/mol. The summed E-state index contributed by atoms with van der Waals surface area (Å²) < 4.78 is 0. The second-order valence-corrected chi connectivity index (χ2v) is 4.73. The summed E-state index contributed by atoms with van der Waals surface area (Å²) in [6.07, 6.45) is -0.207. The molecular formula is C10H22N4O3. The maximum atomic E-state index is 11.4. The lowest BCUT2D eigenvalue weighted by Gasteiger charge is -2.27. The number of hydrogen-bond donors (Lipinski definition) is 4. The Morgan fingerprint density at radius 2 is 2.00 bits per heavy atom. The first kappa shape index (κ1) is 15.8. The number of likely N-dealkylation sites (N-methyl/N-ethyl adjacent to an activating group) is 1. The average molecular weight is 246 g/mol. The van der Waals surface area contributed by atoms with E-state index in [1.165, 1.54) is 0 Å². The quantitative estimate of drug-likeness (QED) is 0.399. The Morgan fingerprint density at radius 1 is 1.47 bits per heavy atom. The zero-order chi connectivity index (χ0) is 13.6. The Labute approximate surface area is 101 Å². The number of nitrogens with two attached hydrogens (primary N) is 2. The molecule has 0 saturated heterocycles. The smallest absolute Gasteiger partial charge is 0.237 e. The molecule has 2 atom stereocenters. The molecule has 0 aliphatic heterocycles. The maximum absolute atomic E-state index is 11.4. The summed E-state index contributed by atoms with van der Waals surface area (Å²) in [6, 6.07) is -0.970. The topological polar surface area (TPSA) is 122 Å². The van der Waals surface area contributed by atoms with Gasteiger partial charge in [-0.1, -0.05) is 0 Å². The summed E-state index contributed by atoms with van der Waals surface area (Å²) in [5.41, 5.74) is 9.32. The fourth-order valence-corrected chi connectivity index (χ4v) is 1.46. The van der Waals surface area contributed by atoms with Crippen molar-refractivity contribution in [3.05, 3.63) is 0 Å². The molecule has 0 aliphatic rings. The average Bonchev–Trinajstić information content (AvgIpc) is 2.11. The third-order valence-corrected chi connectivity index (χ3v) is 2.06. The second-order valence-electron chi connectivity index (χ2n) is 4.73. The SMILES string of the molecule is CN(C)CC(C)(O)CNC(=O)C(N)CC(N)=O. The fourth-order valence-electron chi connectivity index (χ4n) is 1.46. The van der Waals surface area contributed by atoms with E-state index >= 15 is 0 Å². The van der Waals surface area contributed by atoms with Gasteiger partial charge in [0.15, 0.2) is 0 Å². The highest BCUT2D eigenvalue weighted by Gasteiger charge is 2.24. The van der Waals surface area contributed by atoms with Crippen molar-refractivity contribution in [1.82, 2.24) is 10.2 Å². The van der Waals surface area contributed by atoms with Gasteiger partial charge in [0, 0.05) is 13.1 Å². The number of carbonyl (C=O) groups is 2. The summed E-state index contributed by atoms with van der Waals surface area (Å²) in [5.74, 6) is -1.13. The molecule has 0 heterocycles. The van der Waals surface area contributed by atoms with E-state index in [1.807, 2.05) is 14.1 Å². The number of nitrogens with one attached hydrogen (secondary N) is 1. The molecule has 17 heavy (non-hydrogen) atoms. The van der Waals surface area contributed by atoms with Gasteiger partial charge in [0.05, 0.1) is 18.1 Å². The van der Waals surface area contributed by atoms with Gasteiger partial charge in [0.25, 0.3) is 0 Å². The van der Waals surface area contributed by atoms with E-state index in [-0.39, 0.29) is 13.0 Å². The Morgan fingerprint density at radius 3 is 2.41 bits per heavy atom. The van der Waals surface area contributed by atoms with Crippen molar-refractivity contribution in [1.29, 1.82) is 0 Å². The van der Waals surface area contributed by atoms with Crippen LogP contribution in [-0.4, -0.2) is 60.6 Å². The number of nitrogens with zero attached hydrogens (tertiary/aromatic N) is 1. The Kier molecular flexibility index (Phi) is 6.08. The van der Waals surface area contributed by atoms with E-state index < -0.39 is 23.5 Å². The van der Waals surface area contributed by atoms with Crippen LogP contribution in [0.2, 0.25) is 0 Å². The van der Waals surface area contributed by atoms with Gasteiger partial charge in [0.2, 0.25) is 11.8 Å². The molecule has 0 aromatic carbocycles. The molecule has 6 N–H and O–H groups in total. The lowest BCUT2D eigenvalue weighted by molar-refractivity contribution is -0.127. The zero-order valence-electron chi connectivity index (χ0n) is 10.6. The predicted molar refractivity (Wildman–Crippen MR) is 64.0 cm³/mol. The van der Waals surface area contributed by atoms with E-state index in [0.717, 1.165) is 0 Å². The third-order valence-electron chi connectivity index (χ3n) is 2.06. The minimum absolute atomic E-state index is 0.0659. The second kappa shape index (κ2) is 6.53. The van der Waals surface area contributed by atoms with Gasteiger partial charge in [-0.05, 0) is 21.0 Å². The minimum Gasteiger partial charge on any atom is -0.387 e. The van der Waals surface area contributed by atoms with Gasteiger partial charge < -0.3 is 26.8 Å². The molecule has 0 bridgehead atoms. The Bertz CT molecular complexity index is 279. The molecule has 0 aliphatic carbocycles. The van der Waals surface area contributed by atoms with Crippen LogP contribution in [0.4, 0.5) is 0 Å². The molecule has 0 radical (unpaired) electrons. The van der Waals surface area contributed by atoms with E-state index in [9.17, 15) is 14.7 Å². The highest BCUT2D eigenvalue weighted by Crippen LogP contribution is 2.02. The van der Waals surface area contributed by atoms with Crippen molar-refractivity contribution in [2.75, 3.05) is 27.2 Å². The van der Waals surface area contributed by atoms with E-state index in [2.05, 4.69) is 5.32 Å². The molecule has 0 aromatic heterocycles. The first-order valence-corrected chi connectivity index (χ1v) is 5.33. The molecule has 2 amide bonds. The number of aliphatic hydroxyl groups is 1. The number of rotatable bonds is 7. The van der Waals surface area contributed by atoms with Gasteiger partial charge in [-0.25, -0.2) is 0 Å². The first-order valence-electron chi connectivity index (χ1n) is 5.33. The van der Waals surface area contributed by atoms with Crippen LogP contribution in [0.15, 0.2) is 0 Å². The van der Waals surface area contributed by atoms with Crippen molar-refractivity contribution in [3.63, 3.8) is 0 Å². The van der Waals surface area contributed by atoms with Crippen molar-refractivity contribution < 1.29 is 14.7 Å². The molecule has 0 fully saturated rings. The van der Waals surface area contributed by atoms with Crippen LogP contribution in [0.5, 0.6) is 0 Å². The van der Waals surface area contributed by atoms with E-state index in [1.54, 1.807) is 11.8 Å². The molecule has 2 unspecified atom stereocenters. The molecule has 0 rings (SSSR count). The van der Waals surface area contributed by atoms with Crippen molar-refractivity contribution in [3.8, 4) is 0 Å². The van der Waals surface area contributed by atoms with Crippen LogP contribution in [0, 0.1) is 0 Å². The molecule has 7 nitrogen and oxygen atoms in total. The zero-order valence-corrected chi connectivity index (χ0v) is 10.6. The van der Waals surface area contributed by atoms with E-state index in [0.29, 0.717) is 6.54 Å². The molecule has 0 spiro atoms. The number of primary amides is 1. The van der Waals surface area contributed by atoms with Gasteiger partial charge in [-0.3, -0.25) is 9.59 Å². The number of hydrogen-bond acceptors (Lipinski definition) is 5. The van der Waals surface area contributed by atoms with Crippen molar-refractivity contribution in [2.45, 2.75) is 25.0 Å². The summed E-state index contributed by atoms with van der Waals surface area (Å²) in [4.78, 5) is 23.8. The molecule has 0 saturated carbocycles. The molecule has 7 heteroatoms. The van der Waals surface area contributed by atoms with Crippen LogP contribution < -0.4 is 16.8 Å². The van der Waals surface area contributed by atoms with Crippen molar-refractivity contribution in [2.24, 2.45) is 11.5 Å². The first-order chi connectivity index (χ1) is 7.64. The lowest BCUT2D eigenvalue weighted by atomic mass is 10.1. The standard InChI is InChI=1S/C10H22N4O3/c1-10(17,6-14(2)3)5-13-9(16)7(11)4-8(12)15/h7,17H,4-6,11H2,1-3H3,(H2,12,15)(H,13,16). The van der Waals surface area contributed by atoms with Gasteiger partial charge >= 0.3 is 0 Å². The van der Waals surface area contributed by atoms with Crippen LogP contribution in [0.25, 0.3) is 0 Å². The molecule has 100 valence electrons. The molecule has 0 aromatic rings. The Balaban J connectivity index is 4.10. The minimum atomic E-state index is -1.05. The lowest BCUT2D eigenvalue weighted by Crippen LogP contribution is -2.51.